The molecule has 0 saturated carbocycles. The van der Waals surface area contributed by atoms with Gasteiger partial charge >= 0.3 is 6.18 Å². The van der Waals surface area contributed by atoms with Crippen molar-refractivity contribution >= 4 is 28.5 Å². The van der Waals surface area contributed by atoms with E-state index in [1.54, 1.807) is 6.07 Å². The number of amides is 1. The van der Waals surface area contributed by atoms with Crippen molar-refractivity contribution in [3.05, 3.63) is 33.1 Å². The van der Waals surface area contributed by atoms with E-state index in [4.69, 9.17) is 0 Å². The highest BCUT2D eigenvalue weighted by molar-refractivity contribution is 14.1. The average molecular weight is 416 g/mol. The topological polar surface area (TPSA) is 23.6 Å². The van der Waals surface area contributed by atoms with Crippen molar-refractivity contribution in [3.63, 3.8) is 0 Å². The lowest BCUT2D eigenvalue weighted by atomic mass is 10.1. The quantitative estimate of drug-likeness (QED) is 0.547. The Kier molecular flexibility index (Phi) is 5.07. The summed E-state index contributed by atoms with van der Waals surface area (Å²) >= 11 is 1.91. The second kappa shape index (κ2) is 6.47. The summed E-state index contributed by atoms with van der Waals surface area (Å²) in [6.07, 6.45) is -4.23. The molecule has 1 fully saturated rings. The molecule has 0 aliphatic carbocycles. The van der Waals surface area contributed by atoms with Gasteiger partial charge in [0, 0.05) is 35.3 Å². The summed E-state index contributed by atoms with van der Waals surface area (Å²) in [4.78, 5) is 14.9. The number of hydrogen-bond donors (Lipinski definition) is 0. The Morgan fingerprint density at radius 1 is 1.14 bits per heavy atom. The summed E-state index contributed by atoms with van der Waals surface area (Å²) in [7, 11) is 0. The van der Waals surface area contributed by atoms with E-state index in [1.165, 1.54) is 15.9 Å². The van der Waals surface area contributed by atoms with Crippen LogP contribution in [0.1, 0.15) is 10.4 Å². The maximum atomic E-state index is 13.3. The number of nitrogens with zero attached hydrogens (tertiary/aromatic N) is 2. The number of hydrogen-bond acceptors (Lipinski definition) is 2. The minimum Gasteiger partial charge on any atom is -0.336 e. The van der Waals surface area contributed by atoms with Crippen LogP contribution >= 0.6 is 22.6 Å². The Balaban J connectivity index is 1.97. The van der Waals surface area contributed by atoms with Crippen molar-refractivity contribution in [2.24, 2.45) is 0 Å². The molecule has 116 valence electrons. The van der Waals surface area contributed by atoms with Crippen LogP contribution in [0.5, 0.6) is 0 Å². The van der Waals surface area contributed by atoms with Gasteiger partial charge in [0.05, 0.1) is 6.54 Å². The number of carbonyl (C=O) groups excluding carboxylic acids is 1. The Hall–Kier alpha value is -0.900. The van der Waals surface area contributed by atoms with Gasteiger partial charge in [0.2, 0.25) is 0 Å². The van der Waals surface area contributed by atoms with E-state index in [9.17, 15) is 22.4 Å². The lowest BCUT2D eigenvalue weighted by molar-refractivity contribution is -0.148. The molecule has 1 aliphatic rings. The summed E-state index contributed by atoms with van der Waals surface area (Å²) in [6.45, 7) is -0.216. The minimum absolute atomic E-state index is 0.164. The van der Waals surface area contributed by atoms with Crippen LogP contribution < -0.4 is 0 Å². The third kappa shape index (κ3) is 4.80. The number of piperazine rings is 1. The van der Waals surface area contributed by atoms with Crippen LogP contribution in [0.3, 0.4) is 0 Å². The Bertz CT molecular complexity index is 507. The molecular formula is C13H13F4IN2O. The first kappa shape index (κ1) is 16.5. The molecule has 0 aromatic heterocycles. The Labute approximate surface area is 133 Å². The molecular weight excluding hydrogens is 403 g/mol. The summed E-state index contributed by atoms with van der Waals surface area (Å²) in [5.41, 5.74) is 0.226. The highest BCUT2D eigenvalue weighted by Gasteiger charge is 2.33. The van der Waals surface area contributed by atoms with E-state index in [0.717, 1.165) is 6.07 Å². The van der Waals surface area contributed by atoms with Crippen molar-refractivity contribution in [2.75, 3.05) is 32.7 Å². The van der Waals surface area contributed by atoms with Gasteiger partial charge < -0.3 is 4.90 Å². The molecule has 1 heterocycles. The fraction of sp³-hybridized carbons (Fsp3) is 0.462. The normalized spacial score (nSPS) is 17.1. The fourth-order valence-corrected chi connectivity index (χ4v) is 2.86. The standard InChI is InChI=1S/C13H13F4IN2O/c14-10-5-9(6-11(18)7-10)12(21)20-3-1-19(2-4-20)8-13(15,16)17/h5-7H,1-4,8H2. The van der Waals surface area contributed by atoms with Gasteiger partial charge in [0.25, 0.3) is 5.91 Å². The lowest BCUT2D eigenvalue weighted by Crippen LogP contribution is -2.50. The van der Waals surface area contributed by atoms with E-state index in [0.29, 0.717) is 3.57 Å². The van der Waals surface area contributed by atoms with Gasteiger partial charge in [-0.05, 0) is 40.8 Å². The molecule has 3 nitrogen and oxygen atoms in total. The van der Waals surface area contributed by atoms with Gasteiger partial charge in [-0.15, -0.1) is 0 Å². The zero-order valence-electron chi connectivity index (χ0n) is 11.0. The van der Waals surface area contributed by atoms with Gasteiger partial charge in [0.15, 0.2) is 0 Å². The molecule has 0 unspecified atom stereocenters. The first-order valence-corrected chi connectivity index (χ1v) is 7.37. The highest BCUT2D eigenvalue weighted by atomic mass is 127. The number of benzene rings is 1. The van der Waals surface area contributed by atoms with Gasteiger partial charge in [-0.25, -0.2) is 4.39 Å². The predicted molar refractivity (Wildman–Crippen MR) is 77.5 cm³/mol. The molecule has 0 N–H and O–H groups in total. The fourth-order valence-electron chi connectivity index (χ4n) is 2.22. The van der Waals surface area contributed by atoms with Crippen LogP contribution in [0, 0.1) is 9.39 Å². The predicted octanol–water partition coefficient (Wildman–Crippen LogP) is 2.75. The van der Waals surface area contributed by atoms with Crippen LogP contribution in [0.15, 0.2) is 18.2 Å². The maximum absolute atomic E-state index is 13.3. The summed E-state index contributed by atoms with van der Waals surface area (Å²) < 4.78 is 50.8. The molecule has 1 saturated heterocycles. The molecule has 2 rings (SSSR count). The zero-order chi connectivity index (χ0) is 15.6. The molecule has 0 radical (unpaired) electrons. The minimum atomic E-state index is -4.23. The molecule has 0 bridgehead atoms. The number of alkyl halides is 3. The molecule has 0 spiro atoms. The number of carbonyl (C=O) groups is 1. The maximum Gasteiger partial charge on any atom is 0.401 e. The first-order valence-electron chi connectivity index (χ1n) is 6.29. The monoisotopic (exact) mass is 416 g/mol. The van der Waals surface area contributed by atoms with Crippen LogP contribution in [0.2, 0.25) is 0 Å². The first-order chi connectivity index (χ1) is 9.74. The molecule has 0 atom stereocenters. The van der Waals surface area contributed by atoms with Crippen molar-refractivity contribution in [1.82, 2.24) is 9.80 Å². The SMILES string of the molecule is O=C(c1cc(F)cc(I)c1)N1CCN(CC(F)(F)F)CC1. The van der Waals surface area contributed by atoms with Crippen molar-refractivity contribution in [1.29, 1.82) is 0 Å². The molecule has 1 aromatic carbocycles. The van der Waals surface area contributed by atoms with Crippen LogP contribution in [-0.4, -0.2) is 54.6 Å². The average Bonchev–Trinajstić information content (AvgIpc) is 2.35. The largest absolute Gasteiger partial charge is 0.401 e. The summed E-state index contributed by atoms with van der Waals surface area (Å²) in [6, 6.07) is 4.01. The van der Waals surface area contributed by atoms with Crippen LogP contribution in [-0.2, 0) is 0 Å². The van der Waals surface area contributed by atoms with Crippen molar-refractivity contribution in [3.8, 4) is 0 Å². The molecule has 21 heavy (non-hydrogen) atoms. The Morgan fingerprint density at radius 3 is 2.29 bits per heavy atom. The second-order valence-corrected chi connectivity index (χ2v) is 6.09. The lowest BCUT2D eigenvalue weighted by Gasteiger charge is -2.35. The van der Waals surface area contributed by atoms with Gasteiger partial charge in [-0.1, -0.05) is 0 Å². The van der Waals surface area contributed by atoms with E-state index >= 15 is 0 Å². The summed E-state index contributed by atoms with van der Waals surface area (Å²) in [5, 5.41) is 0. The molecule has 1 aromatic rings. The second-order valence-electron chi connectivity index (χ2n) is 4.84. The molecule has 8 heteroatoms. The number of rotatable bonds is 2. The van der Waals surface area contributed by atoms with Crippen molar-refractivity contribution in [2.45, 2.75) is 6.18 Å². The van der Waals surface area contributed by atoms with Crippen molar-refractivity contribution < 1.29 is 22.4 Å². The summed E-state index contributed by atoms with van der Waals surface area (Å²) in [5.74, 6) is -0.847. The molecule has 1 aliphatic heterocycles. The third-order valence-corrected chi connectivity index (χ3v) is 3.79. The smallest absolute Gasteiger partial charge is 0.336 e. The zero-order valence-corrected chi connectivity index (χ0v) is 13.1. The molecule has 1 amide bonds. The van der Waals surface area contributed by atoms with E-state index < -0.39 is 18.5 Å². The van der Waals surface area contributed by atoms with Crippen LogP contribution in [0.4, 0.5) is 17.6 Å². The number of halogens is 5. The van der Waals surface area contributed by atoms with E-state index in [1.807, 2.05) is 22.6 Å². The highest BCUT2D eigenvalue weighted by Crippen LogP contribution is 2.19. The van der Waals surface area contributed by atoms with Gasteiger partial charge in [-0.2, -0.15) is 13.2 Å². The Morgan fingerprint density at radius 2 is 1.76 bits per heavy atom. The van der Waals surface area contributed by atoms with Gasteiger partial charge in [0.1, 0.15) is 5.82 Å². The van der Waals surface area contributed by atoms with Crippen LogP contribution in [0.25, 0.3) is 0 Å². The third-order valence-electron chi connectivity index (χ3n) is 3.17. The van der Waals surface area contributed by atoms with E-state index in [2.05, 4.69) is 0 Å². The van der Waals surface area contributed by atoms with E-state index in [-0.39, 0.29) is 37.6 Å². The van der Waals surface area contributed by atoms with Gasteiger partial charge in [-0.3, -0.25) is 9.69 Å².